The van der Waals surface area contributed by atoms with E-state index in [1.165, 1.54) is 5.56 Å². The molecule has 0 radical (unpaired) electrons. The molecule has 2 aliphatic rings. The van der Waals surface area contributed by atoms with Crippen molar-refractivity contribution < 1.29 is 14.7 Å². The van der Waals surface area contributed by atoms with E-state index in [1.54, 1.807) is 4.68 Å². The van der Waals surface area contributed by atoms with Crippen LogP contribution in [0.15, 0.2) is 59.4 Å². The van der Waals surface area contributed by atoms with Crippen LogP contribution >= 0.6 is 0 Å². The van der Waals surface area contributed by atoms with Gasteiger partial charge in [0.25, 0.3) is 0 Å². The molecular formula is C34H41N7O4. The van der Waals surface area contributed by atoms with Crippen molar-refractivity contribution in [1.29, 1.82) is 0 Å². The Morgan fingerprint density at radius 1 is 0.978 bits per heavy atom. The van der Waals surface area contributed by atoms with Crippen LogP contribution in [0.4, 0.5) is 16.3 Å². The number of carbonyl (C=O) groups excluding carboxylic acids is 2. The van der Waals surface area contributed by atoms with Crippen LogP contribution in [0.2, 0.25) is 0 Å². The monoisotopic (exact) mass is 611 g/mol. The molecule has 0 aliphatic carbocycles. The van der Waals surface area contributed by atoms with E-state index in [0.29, 0.717) is 17.4 Å². The van der Waals surface area contributed by atoms with Crippen molar-refractivity contribution in [1.82, 2.24) is 24.6 Å². The van der Waals surface area contributed by atoms with Crippen molar-refractivity contribution in [2.24, 2.45) is 5.92 Å². The van der Waals surface area contributed by atoms with Crippen LogP contribution in [0.3, 0.4) is 0 Å². The number of nitrogens with zero attached hydrogens (tertiary/aromatic N) is 3. The number of fused-ring (bicyclic) bond motifs is 2. The predicted molar refractivity (Wildman–Crippen MR) is 173 cm³/mol. The lowest BCUT2D eigenvalue weighted by molar-refractivity contribution is -0.135. The Morgan fingerprint density at radius 2 is 1.64 bits per heavy atom. The van der Waals surface area contributed by atoms with E-state index in [4.69, 9.17) is 5.10 Å². The van der Waals surface area contributed by atoms with Gasteiger partial charge in [0.2, 0.25) is 11.8 Å². The lowest BCUT2D eigenvalue weighted by Crippen LogP contribution is -2.47. The minimum atomic E-state index is -0.515. The van der Waals surface area contributed by atoms with Crippen molar-refractivity contribution in [3.05, 3.63) is 87.6 Å². The second-order valence-corrected chi connectivity index (χ2v) is 13.5. The van der Waals surface area contributed by atoms with Gasteiger partial charge >= 0.3 is 11.7 Å². The van der Waals surface area contributed by atoms with Gasteiger partial charge < -0.3 is 20.3 Å². The topological polar surface area (TPSA) is 148 Å². The summed E-state index contributed by atoms with van der Waals surface area (Å²) in [6.45, 7) is 8.31. The van der Waals surface area contributed by atoms with E-state index < -0.39 is 5.69 Å². The minimum absolute atomic E-state index is 0.0175. The normalized spacial score (nSPS) is 19.5. The summed E-state index contributed by atoms with van der Waals surface area (Å²) in [6, 6.07) is 17.9. The first kappa shape index (κ1) is 30.2. The molecule has 11 heteroatoms. The largest absolute Gasteiger partial charge is 0.493 e. The molecule has 2 saturated heterocycles. The SMILES string of the molecule is Cc1ccc(-n2nc(C(C)(C)C)cc2NC(=O)Nc2ccc(CC3CC4CCC(C3)N4C(=O)Cc3[nH]c(=O)[nH]c3O)cc2)cc1. The van der Waals surface area contributed by atoms with Crippen LogP contribution in [-0.2, 0) is 23.1 Å². The number of H-pyrrole nitrogens is 2. The van der Waals surface area contributed by atoms with Gasteiger partial charge in [-0.05, 0) is 74.8 Å². The summed E-state index contributed by atoms with van der Waals surface area (Å²) in [6.07, 6.45) is 4.67. The maximum atomic E-state index is 13.1. The number of carbonyl (C=O) groups is 2. The number of aromatic amines is 2. The Morgan fingerprint density at radius 3 is 2.24 bits per heavy atom. The summed E-state index contributed by atoms with van der Waals surface area (Å²) < 4.78 is 1.76. The lowest BCUT2D eigenvalue weighted by atomic mass is 9.85. The standard InChI is InChI=1S/C34H41N7O4/c1-20-5-11-24(12-6-20)41-29(19-28(39-41)34(2,3)4)37-32(44)35-23-9-7-21(8-10-23)15-22-16-25-13-14-26(17-22)40(25)30(42)18-27-31(43)38-33(45)36-27/h5-12,19,22,25-26,43H,13-18H2,1-4H3,(H2,35,37,44)(H2,36,38,45). The van der Waals surface area contributed by atoms with E-state index in [-0.39, 0.29) is 47.4 Å². The molecule has 2 bridgehead atoms. The van der Waals surface area contributed by atoms with Crippen LogP contribution in [0.25, 0.3) is 5.69 Å². The van der Waals surface area contributed by atoms with Crippen molar-refractivity contribution in [3.63, 3.8) is 0 Å². The quantitative estimate of drug-likeness (QED) is 0.190. The highest BCUT2D eigenvalue weighted by atomic mass is 16.3. The molecule has 2 unspecified atom stereocenters. The smallest absolute Gasteiger partial charge is 0.325 e. The fraction of sp³-hybridized carbons (Fsp3) is 0.412. The molecule has 2 fully saturated rings. The summed E-state index contributed by atoms with van der Waals surface area (Å²) in [5.41, 5.74) is 4.32. The average Bonchev–Trinajstić information content (AvgIpc) is 3.62. The number of hydrogen-bond acceptors (Lipinski definition) is 5. The first-order valence-corrected chi connectivity index (χ1v) is 15.6. The first-order chi connectivity index (χ1) is 21.4. The average molecular weight is 612 g/mol. The maximum absolute atomic E-state index is 13.1. The molecule has 236 valence electrons. The van der Waals surface area contributed by atoms with Gasteiger partial charge in [-0.1, -0.05) is 50.6 Å². The molecule has 11 nitrogen and oxygen atoms in total. The van der Waals surface area contributed by atoms with Gasteiger partial charge in [0.15, 0.2) is 0 Å². The molecule has 5 N–H and O–H groups in total. The van der Waals surface area contributed by atoms with Gasteiger partial charge in [0.1, 0.15) is 5.82 Å². The Bertz CT molecular complexity index is 1730. The second kappa shape index (κ2) is 11.9. The number of urea groups is 1. The fourth-order valence-electron chi connectivity index (χ4n) is 6.70. The Kier molecular flexibility index (Phi) is 8.03. The third-order valence-electron chi connectivity index (χ3n) is 8.96. The zero-order chi connectivity index (χ0) is 31.9. The zero-order valence-electron chi connectivity index (χ0n) is 26.2. The molecule has 45 heavy (non-hydrogen) atoms. The van der Waals surface area contributed by atoms with Gasteiger partial charge in [-0.15, -0.1) is 0 Å². The summed E-state index contributed by atoms with van der Waals surface area (Å²) in [7, 11) is 0. The number of imidazole rings is 1. The molecule has 6 rings (SSSR count). The van der Waals surface area contributed by atoms with Gasteiger partial charge in [-0.3, -0.25) is 15.1 Å². The Hall–Kier alpha value is -4.80. The molecule has 4 aromatic rings. The summed E-state index contributed by atoms with van der Waals surface area (Å²) in [5.74, 6) is 0.718. The molecule has 3 amide bonds. The number of aromatic hydroxyl groups is 1. The van der Waals surface area contributed by atoms with Crippen molar-refractivity contribution in [2.75, 3.05) is 10.6 Å². The number of aromatic nitrogens is 4. The summed E-state index contributed by atoms with van der Waals surface area (Å²) in [5, 5.41) is 20.6. The highest BCUT2D eigenvalue weighted by Crippen LogP contribution is 2.40. The number of piperidine rings is 1. The van der Waals surface area contributed by atoms with Crippen LogP contribution in [-0.4, -0.2) is 53.8 Å². The molecular weight excluding hydrogens is 570 g/mol. The molecule has 2 aliphatic heterocycles. The van der Waals surface area contributed by atoms with Crippen LogP contribution in [0, 0.1) is 12.8 Å². The molecule has 0 saturated carbocycles. The van der Waals surface area contributed by atoms with E-state index in [0.717, 1.165) is 49.0 Å². The molecule has 2 aromatic heterocycles. The number of rotatable bonds is 7. The van der Waals surface area contributed by atoms with E-state index in [2.05, 4.69) is 41.4 Å². The van der Waals surface area contributed by atoms with E-state index in [9.17, 15) is 19.5 Å². The molecule has 2 atom stereocenters. The summed E-state index contributed by atoms with van der Waals surface area (Å²) >= 11 is 0. The lowest BCUT2D eigenvalue weighted by Gasteiger charge is -2.39. The molecule has 4 heterocycles. The third kappa shape index (κ3) is 6.67. The maximum Gasteiger partial charge on any atom is 0.325 e. The van der Waals surface area contributed by atoms with Gasteiger partial charge in [-0.2, -0.15) is 5.10 Å². The first-order valence-electron chi connectivity index (χ1n) is 15.6. The summed E-state index contributed by atoms with van der Waals surface area (Å²) in [4.78, 5) is 44.3. The van der Waals surface area contributed by atoms with Crippen molar-refractivity contribution in [3.8, 4) is 11.6 Å². The number of aryl methyl sites for hydroxylation is 1. The molecule has 2 aromatic carbocycles. The number of amides is 3. The van der Waals surface area contributed by atoms with Crippen LogP contribution in [0.1, 0.15) is 69.0 Å². The highest BCUT2D eigenvalue weighted by Gasteiger charge is 2.43. The van der Waals surface area contributed by atoms with Crippen LogP contribution in [0.5, 0.6) is 5.88 Å². The Labute approximate surface area is 262 Å². The van der Waals surface area contributed by atoms with Gasteiger partial charge in [0, 0.05) is 29.3 Å². The van der Waals surface area contributed by atoms with Crippen LogP contribution < -0.4 is 16.3 Å². The van der Waals surface area contributed by atoms with E-state index >= 15 is 0 Å². The third-order valence-corrected chi connectivity index (χ3v) is 8.96. The number of benzene rings is 2. The van der Waals surface area contributed by atoms with Gasteiger partial charge in [-0.25, -0.2) is 14.3 Å². The number of anilines is 2. The fourth-order valence-corrected chi connectivity index (χ4v) is 6.70. The minimum Gasteiger partial charge on any atom is -0.493 e. The predicted octanol–water partition coefficient (Wildman–Crippen LogP) is 5.40. The molecule has 0 spiro atoms. The number of nitrogens with one attached hydrogen (secondary N) is 4. The Balaban J connectivity index is 1.05. The number of hydrogen-bond donors (Lipinski definition) is 5. The second-order valence-electron chi connectivity index (χ2n) is 13.5. The van der Waals surface area contributed by atoms with Crippen molar-refractivity contribution >= 4 is 23.4 Å². The van der Waals surface area contributed by atoms with Crippen molar-refractivity contribution in [2.45, 2.75) is 83.7 Å². The van der Waals surface area contributed by atoms with E-state index in [1.807, 2.05) is 66.4 Å². The highest BCUT2D eigenvalue weighted by molar-refractivity contribution is 5.99. The van der Waals surface area contributed by atoms with Gasteiger partial charge in [0.05, 0.1) is 23.5 Å². The zero-order valence-corrected chi connectivity index (χ0v) is 26.2.